The minimum Gasteiger partial charge on any atom is -0.466 e. The lowest BCUT2D eigenvalue weighted by Crippen LogP contribution is -2.60. The quantitative estimate of drug-likeness (QED) is 0.250. The molecule has 0 aromatic heterocycles. The first-order valence-electron chi connectivity index (χ1n) is 12.0. The first-order valence-corrected chi connectivity index (χ1v) is 12.9. The third kappa shape index (κ3) is 4.25. The summed E-state index contributed by atoms with van der Waals surface area (Å²) in [5.41, 5.74) is -1.14. The molecule has 1 spiro atoms. The Kier molecular flexibility index (Phi) is 8.28. The predicted octanol–water partition coefficient (Wildman–Crippen LogP) is 2.13. The number of alkyl halides is 1. The normalized spacial score (nSPS) is 33.4. The highest BCUT2D eigenvalue weighted by Gasteiger charge is 2.77. The minimum atomic E-state index is -1.14. The zero-order chi connectivity index (χ0) is 24.5. The van der Waals surface area contributed by atoms with E-state index in [9.17, 15) is 19.5 Å². The Bertz CT molecular complexity index is 776. The molecular weight excluding hydrogens is 492 g/mol. The van der Waals surface area contributed by atoms with Crippen LogP contribution < -0.4 is 0 Å². The number of nitrogens with zero attached hydrogens (tertiary/aromatic N) is 2. The number of carbonyl (C=O) groups is 3. The molecule has 3 fully saturated rings. The van der Waals surface area contributed by atoms with Gasteiger partial charge in [0.1, 0.15) is 11.6 Å². The number of unbranched alkanes of at least 4 members (excludes halogenated alkanes) is 1. The lowest BCUT2D eigenvalue weighted by atomic mass is 9.70. The summed E-state index contributed by atoms with van der Waals surface area (Å²) >= 11 is 3.64. The second-order valence-electron chi connectivity index (χ2n) is 9.58. The van der Waals surface area contributed by atoms with Crippen LogP contribution in [0.15, 0.2) is 12.7 Å². The maximum Gasteiger partial charge on any atom is 0.312 e. The molecule has 2 amide bonds. The van der Waals surface area contributed by atoms with Crippen molar-refractivity contribution in [3.05, 3.63) is 12.7 Å². The molecule has 0 aromatic rings. The molecule has 0 aromatic carbocycles. The van der Waals surface area contributed by atoms with Gasteiger partial charge in [0, 0.05) is 17.9 Å². The van der Waals surface area contributed by atoms with Gasteiger partial charge in [0.25, 0.3) is 0 Å². The zero-order valence-electron chi connectivity index (χ0n) is 20.0. The number of amides is 2. The molecule has 3 saturated heterocycles. The Morgan fingerprint density at radius 3 is 2.67 bits per heavy atom. The van der Waals surface area contributed by atoms with E-state index in [0.717, 1.165) is 12.8 Å². The van der Waals surface area contributed by atoms with Crippen LogP contribution in [0, 0.1) is 17.8 Å². The van der Waals surface area contributed by atoms with Gasteiger partial charge in [-0.3, -0.25) is 14.4 Å². The molecule has 8 nitrogen and oxygen atoms in total. The van der Waals surface area contributed by atoms with E-state index in [1.54, 1.807) is 17.9 Å². The Morgan fingerprint density at radius 1 is 1.42 bits per heavy atom. The monoisotopic (exact) mass is 528 g/mol. The number of carbonyl (C=O) groups excluding carboxylic acids is 3. The zero-order valence-corrected chi connectivity index (χ0v) is 21.6. The molecule has 0 saturated carbocycles. The van der Waals surface area contributed by atoms with Crippen LogP contribution in [0.2, 0.25) is 0 Å². The molecule has 186 valence electrons. The lowest BCUT2D eigenvalue weighted by Gasteiger charge is -2.40. The highest BCUT2D eigenvalue weighted by Crippen LogP contribution is 2.60. The summed E-state index contributed by atoms with van der Waals surface area (Å²) < 4.78 is 11.8. The first-order chi connectivity index (χ1) is 15.7. The number of rotatable bonds is 11. The average Bonchev–Trinajstić information content (AvgIpc) is 3.35. The first kappa shape index (κ1) is 26.2. The smallest absolute Gasteiger partial charge is 0.312 e. The van der Waals surface area contributed by atoms with E-state index in [-0.39, 0.29) is 35.8 Å². The number of hydrogen-bond donors (Lipinski definition) is 1. The molecule has 1 N–H and O–H groups in total. The Balaban J connectivity index is 2.11. The van der Waals surface area contributed by atoms with Crippen molar-refractivity contribution in [1.82, 2.24) is 9.80 Å². The average molecular weight is 529 g/mol. The highest BCUT2D eigenvalue weighted by molar-refractivity contribution is 9.09. The number of aliphatic hydroxyl groups excluding tert-OH is 1. The van der Waals surface area contributed by atoms with Crippen molar-refractivity contribution < 1.29 is 29.0 Å². The molecule has 3 heterocycles. The molecule has 3 aliphatic rings. The van der Waals surface area contributed by atoms with Crippen LogP contribution in [0.1, 0.15) is 47.0 Å². The number of hydrogen-bond acceptors (Lipinski definition) is 6. The van der Waals surface area contributed by atoms with Crippen LogP contribution in [0.3, 0.4) is 0 Å². The highest BCUT2D eigenvalue weighted by atomic mass is 79.9. The number of ether oxygens (including phenoxy) is 2. The topological polar surface area (TPSA) is 96.4 Å². The number of likely N-dealkylation sites (tertiary alicyclic amines) is 1. The Morgan fingerprint density at radius 2 is 2.12 bits per heavy atom. The van der Waals surface area contributed by atoms with Gasteiger partial charge in [-0.1, -0.05) is 49.2 Å². The van der Waals surface area contributed by atoms with E-state index in [4.69, 9.17) is 9.47 Å². The van der Waals surface area contributed by atoms with Crippen LogP contribution >= 0.6 is 15.9 Å². The molecule has 1 unspecified atom stereocenters. The van der Waals surface area contributed by atoms with Crippen molar-refractivity contribution >= 4 is 33.7 Å². The van der Waals surface area contributed by atoms with Gasteiger partial charge in [0.15, 0.2) is 0 Å². The maximum atomic E-state index is 14.1. The van der Waals surface area contributed by atoms with Gasteiger partial charge in [-0.15, -0.1) is 6.58 Å². The van der Waals surface area contributed by atoms with Gasteiger partial charge in [0.05, 0.1) is 37.2 Å². The van der Waals surface area contributed by atoms with Gasteiger partial charge in [-0.2, -0.15) is 0 Å². The summed E-state index contributed by atoms with van der Waals surface area (Å²) in [6, 6.07) is -1.49. The second-order valence-corrected chi connectivity index (χ2v) is 10.8. The molecule has 9 heteroatoms. The van der Waals surface area contributed by atoms with Crippen LogP contribution in [-0.4, -0.2) is 87.6 Å². The van der Waals surface area contributed by atoms with Crippen molar-refractivity contribution in [3.63, 3.8) is 0 Å². The van der Waals surface area contributed by atoms with Gasteiger partial charge in [0.2, 0.25) is 11.8 Å². The fraction of sp³-hybridized carbons (Fsp3) is 0.792. The molecule has 3 aliphatic heterocycles. The number of aliphatic hydroxyl groups is 1. The van der Waals surface area contributed by atoms with E-state index in [1.165, 1.54) is 4.90 Å². The number of esters is 1. The maximum absolute atomic E-state index is 14.1. The fourth-order valence-electron chi connectivity index (χ4n) is 5.80. The lowest BCUT2D eigenvalue weighted by molar-refractivity contribution is -0.156. The van der Waals surface area contributed by atoms with Crippen LogP contribution in [-0.2, 0) is 23.9 Å². The van der Waals surface area contributed by atoms with E-state index in [2.05, 4.69) is 29.4 Å². The summed E-state index contributed by atoms with van der Waals surface area (Å²) in [4.78, 5) is 44.0. The largest absolute Gasteiger partial charge is 0.466 e. The summed E-state index contributed by atoms with van der Waals surface area (Å²) in [6.07, 6.45) is 3.31. The van der Waals surface area contributed by atoms with Gasteiger partial charge >= 0.3 is 5.97 Å². The molecule has 0 aliphatic carbocycles. The molecule has 7 atom stereocenters. The van der Waals surface area contributed by atoms with Gasteiger partial charge in [-0.05, 0) is 25.7 Å². The van der Waals surface area contributed by atoms with Crippen molar-refractivity contribution in [2.75, 3.05) is 26.3 Å². The van der Waals surface area contributed by atoms with Crippen LogP contribution in [0.25, 0.3) is 0 Å². The van der Waals surface area contributed by atoms with Crippen molar-refractivity contribution in [2.45, 2.75) is 75.6 Å². The fourth-order valence-corrected chi connectivity index (χ4v) is 6.74. The third-order valence-corrected chi connectivity index (χ3v) is 8.12. The third-order valence-electron chi connectivity index (χ3n) is 7.28. The molecular formula is C24H37BrN2O6. The van der Waals surface area contributed by atoms with Crippen molar-refractivity contribution in [2.24, 2.45) is 17.8 Å². The molecule has 3 rings (SSSR count). The second kappa shape index (κ2) is 10.4. The molecule has 33 heavy (non-hydrogen) atoms. The number of halogens is 1. The summed E-state index contributed by atoms with van der Waals surface area (Å²) in [6.45, 7) is 12.2. The molecule has 0 radical (unpaired) electrons. The predicted molar refractivity (Wildman–Crippen MR) is 127 cm³/mol. The van der Waals surface area contributed by atoms with Crippen molar-refractivity contribution in [3.8, 4) is 0 Å². The van der Waals surface area contributed by atoms with Gasteiger partial charge in [-0.25, -0.2) is 0 Å². The van der Waals surface area contributed by atoms with E-state index < -0.39 is 41.6 Å². The van der Waals surface area contributed by atoms with Crippen LogP contribution in [0.5, 0.6) is 0 Å². The summed E-state index contributed by atoms with van der Waals surface area (Å²) in [5.74, 6) is -2.69. The van der Waals surface area contributed by atoms with Gasteiger partial charge < -0.3 is 24.4 Å². The van der Waals surface area contributed by atoms with Crippen LogP contribution in [0.4, 0.5) is 0 Å². The Hall–Kier alpha value is -1.45. The standard InChI is InChI=1S/C24H37BrN2O6/c1-6-9-11-26(10-7-2)22(30)20-24-12-15(25)19(33-24)17(23(31)32-8-3)18(24)21(29)27(20)16(13-28)14(4)5/h7,14-20,28H,2,6,8-13H2,1,3-5H3/t15?,16-,17-,18+,19-,20-,24+/m0/s1. The Labute approximate surface area is 204 Å². The summed E-state index contributed by atoms with van der Waals surface area (Å²) in [7, 11) is 0. The van der Waals surface area contributed by atoms with E-state index >= 15 is 0 Å². The van der Waals surface area contributed by atoms with E-state index in [1.807, 2.05) is 13.8 Å². The molecule has 2 bridgehead atoms. The minimum absolute atomic E-state index is 0.0917. The van der Waals surface area contributed by atoms with Crippen molar-refractivity contribution in [1.29, 1.82) is 0 Å². The van der Waals surface area contributed by atoms with E-state index in [0.29, 0.717) is 19.5 Å². The number of fused-ring (bicyclic) bond motifs is 1. The SMILES string of the molecule is C=CCN(CCCC)C(=O)[C@@H]1N([C@@H](CO)C(C)C)C(=O)[C@H]2[C@H](C(=O)OCC)[C@H]3O[C@@]12CC3Br. The summed E-state index contributed by atoms with van der Waals surface area (Å²) in [5, 5.41) is 10.2.